The van der Waals surface area contributed by atoms with Crippen LogP contribution >= 0.6 is 0 Å². The van der Waals surface area contributed by atoms with Crippen LogP contribution in [0.5, 0.6) is 0 Å². The third kappa shape index (κ3) is 3.43. The number of para-hydroxylation sites is 1. The van der Waals surface area contributed by atoms with Crippen LogP contribution in [-0.4, -0.2) is 25.4 Å². The fraction of sp³-hybridized carbons (Fsp3) is 0.385. The number of amides is 2. The molecular formula is C13H18FN3O2. The molecule has 19 heavy (non-hydrogen) atoms. The number of carbonyl (C=O) groups excluding carboxylic acids is 2. The van der Waals surface area contributed by atoms with Gasteiger partial charge in [0.25, 0.3) is 5.91 Å². The molecule has 0 aromatic heterocycles. The first kappa shape index (κ1) is 14.9. The van der Waals surface area contributed by atoms with E-state index in [-0.39, 0.29) is 23.7 Å². The van der Waals surface area contributed by atoms with Gasteiger partial charge in [0.05, 0.1) is 16.7 Å². The standard InChI is InChI=1S/C13H18FN3O2/c1-13(2,12(19)16-3)7-17-11(18)8-5-4-6-9(14)10(8)15/h4-6H,7,15H2,1-3H3,(H,16,19)(H,17,18). The molecule has 0 saturated carbocycles. The quantitative estimate of drug-likeness (QED) is 0.709. The number of hydrogen-bond donors (Lipinski definition) is 3. The van der Waals surface area contributed by atoms with E-state index in [0.717, 1.165) is 0 Å². The molecule has 6 heteroatoms. The first-order valence-corrected chi connectivity index (χ1v) is 5.84. The molecule has 1 aromatic carbocycles. The second kappa shape index (κ2) is 5.69. The monoisotopic (exact) mass is 267 g/mol. The maximum Gasteiger partial charge on any atom is 0.253 e. The lowest BCUT2D eigenvalue weighted by Crippen LogP contribution is -2.43. The van der Waals surface area contributed by atoms with Crippen molar-refractivity contribution in [2.24, 2.45) is 5.41 Å². The topological polar surface area (TPSA) is 84.2 Å². The summed E-state index contributed by atoms with van der Waals surface area (Å²) in [5.41, 5.74) is 4.60. The fourth-order valence-corrected chi connectivity index (χ4v) is 1.55. The Hall–Kier alpha value is -2.11. The van der Waals surface area contributed by atoms with Gasteiger partial charge in [0.1, 0.15) is 5.82 Å². The number of hydrogen-bond acceptors (Lipinski definition) is 3. The summed E-state index contributed by atoms with van der Waals surface area (Å²) < 4.78 is 13.2. The van der Waals surface area contributed by atoms with Crippen molar-refractivity contribution in [2.75, 3.05) is 19.3 Å². The molecule has 5 nitrogen and oxygen atoms in total. The number of halogens is 1. The zero-order valence-corrected chi connectivity index (χ0v) is 11.2. The van der Waals surface area contributed by atoms with Gasteiger partial charge in [0.15, 0.2) is 0 Å². The average Bonchev–Trinajstić information content (AvgIpc) is 2.38. The number of nitrogens with one attached hydrogen (secondary N) is 2. The lowest BCUT2D eigenvalue weighted by molar-refractivity contribution is -0.128. The number of nitrogen functional groups attached to an aromatic ring is 1. The molecule has 1 rings (SSSR count). The Labute approximate surface area is 111 Å². The Balaban J connectivity index is 2.76. The van der Waals surface area contributed by atoms with Crippen molar-refractivity contribution >= 4 is 17.5 Å². The summed E-state index contributed by atoms with van der Waals surface area (Å²) in [6, 6.07) is 4.02. The van der Waals surface area contributed by atoms with Crippen molar-refractivity contribution in [3.05, 3.63) is 29.6 Å². The predicted octanol–water partition coefficient (Wildman–Crippen LogP) is 0.910. The number of anilines is 1. The number of benzene rings is 1. The summed E-state index contributed by atoms with van der Waals surface area (Å²) in [4.78, 5) is 23.4. The highest BCUT2D eigenvalue weighted by Gasteiger charge is 2.27. The van der Waals surface area contributed by atoms with Crippen molar-refractivity contribution in [1.82, 2.24) is 10.6 Å². The summed E-state index contributed by atoms with van der Waals surface area (Å²) in [6.45, 7) is 3.52. The third-order valence-corrected chi connectivity index (χ3v) is 2.83. The molecule has 0 aliphatic heterocycles. The Morgan fingerprint density at radius 2 is 2.00 bits per heavy atom. The van der Waals surface area contributed by atoms with E-state index in [1.807, 2.05) is 0 Å². The van der Waals surface area contributed by atoms with E-state index in [1.165, 1.54) is 25.2 Å². The molecular weight excluding hydrogens is 249 g/mol. The molecule has 0 heterocycles. The van der Waals surface area contributed by atoms with E-state index < -0.39 is 17.1 Å². The van der Waals surface area contributed by atoms with Crippen LogP contribution in [0.4, 0.5) is 10.1 Å². The van der Waals surface area contributed by atoms with Crippen LogP contribution < -0.4 is 16.4 Å². The van der Waals surface area contributed by atoms with Crippen molar-refractivity contribution in [1.29, 1.82) is 0 Å². The Kier molecular flexibility index (Phi) is 4.47. The minimum Gasteiger partial charge on any atom is -0.396 e. The maximum atomic E-state index is 13.2. The normalized spacial score (nSPS) is 10.9. The average molecular weight is 267 g/mol. The second-order valence-corrected chi connectivity index (χ2v) is 4.85. The van der Waals surface area contributed by atoms with E-state index in [2.05, 4.69) is 10.6 Å². The van der Waals surface area contributed by atoms with E-state index in [9.17, 15) is 14.0 Å². The van der Waals surface area contributed by atoms with Crippen LogP contribution in [0.1, 0.15) is 24.2 Å². The summed E-state index contributed by atoms with van der Waals surface area (Å²) in [7, 11) is 1.52. The van der Waals surface area contributed by atoms with E-state index in [1.54, 1.807) is 13.8 Å². The van der Waals surface area contributed by atoms with Crippen LogP contribution in [0, 0.1) is 11.2 Å². The van der Waals surface area contributed by atoms with Gasteiger partial charge in [0, 0.05) is 13.6 Å². The Morgan fingerprint density at radius 3 is 2.58 bits per heavy atom. The molecule has 0 bridgehead atoms. The Bertz CT molecular complexity index is 501. The molecule has 0 radical (unpaired) electrons. The molecule has 0 unspecified atom stereocenters. The number of rotatable bonds is 4. The minimum absolute atomic E-state index is 0.0627. The highest BCUT2D eigenvalue weighted by atomic mass is 19.1. The smallest absolute Gasteiger partial charge is 0.253 e. The molecule has 0 aliphatic rings. The number of carbonyl (C=O) groups is 2. The highest BCUT2D eigenvalue weighted by molar-refractivity contribution is 5.99. The maximum absolute atomic E-state index is 13.2. The van der Waals surface area contributed by atoms with Crippen LogP contribution in [0.2, 0.25) is 0 Å². The first-order valence-electron chi connectivity index (χ1n) is 5.84. The molecule has 1 aromatic rings. The van der Waals surface area contributed by atoms with E-state index in [0.29, 0.717) is 0 Å². The van der Waals surface area contributed by atoms with Gasteiger partial charge < -0.3 is 16.4 Å². The summed E-state index contributed by atoms with van der Waals surface area (Å²) in [5.74, 6) is -1.34. The van der Waals surface area contributed by atoms with Crippen molar-refractivity contribution in [2.45, 2.75) is 13.8 Å². The van der Waals surface area contributed by atoms with Crippen LogP contribution in [0.25, 0.3) is 0 Å². The van der Waals surface area contributed by atoms with Crippen LogP contribution in [0.15, 0.2) is 18.2 Å². The van der Waals surface area contributed by atoms with Gasteiger partial charge in [-0.3, -0.25) is 9.59 Å². The summed E-state index contributed by atoms with van der Waals surface area (Å²) >= 11 is 0. The van der Waals surface area contributed by atoms with Gasteiger partial charge in [-0.2, -0.15) is 0 Å². The van der Waals surface area contributed by atoms with Crippen LogP contribution in [-0.2, 0) is 4.79 Å². The van der Waals surface area contributed by atoms with Gasteiger partial charge >= 0.3 is 0 Å². The molecule has 0 saturated heterocycles. The van der Waals surface area contributed by atoms with E-state index >= 15 is 0 Å². The van der Waals surface area contributed by atoms with E-state index in [4.69, 9.17) is 5.73 Å². The van der Waals surface area contributed by atoms with Gasteiger partial charge in [-0.1, -0.05) is 6.07 Å². The Morgan fingerprint density at radius 1 is 1.37 bits per heavy atom. The number of nitrogens with two attached hydrogens (primary N) is 1. The lowest BCUT2D eigenvalue weighted by Gasteiger charge is -2.23. The molecule has 0 atom stereocenters. The first-order chi connectivity index (χ1) is 8.79. The van der Waals surface area contributed by atoms with Gasteiger partial charge in [0.2, 0.25) is 5.91 Å². The third-order valence-electron chi connectivity index (χ3n) is 2.83. The van der Waals surface area contributed by atoms with Gasteiger partial charge in [-0.15, -0.1) is 0 Å². The largest absolute Gasteiger partial charge is 0.396 e. The minimum atomic E-state index is -0.757. The summed E-state index contributed by atoms with van der Waals surface area (Å²) in [5, 5.41) is 5.09. The molecule has 0 fully saturated rings. The molecule has 0 aliphatic carbocycles. The van der Waals surface area contributed by atoms with Gasteiger partial charge in [-0.05, 0) is 26.0 Å². The zero-order valence-electron chi connectivity index (χ0n) is 11.2. The molecule has 0 spiro atoms. The molecule has 4 N–H and O–H groups in total. The second-order valence-electron chi connectivity index (χ2n) is 4.85. The molecule has 104 valence electrons. The van der Waals surface area contributed by atoms with Gasteiger partial charge in [-0.25, -0.2) is 4.39 Å². The van der Waals surface area contributed by atoms with Crippen molar-refractivity contribution < 1.29 is 14.0 Å². The SMILES string of the molecule is CNC(=O)C(C)(C)CNC(=O)c1cccc(F)c1N. The fourth-order valence-electron chi connectivity index (χ4n) is 1.55. The molecule has 2 amide bonds. The summed E-state index contributed by atoms with van der Waals surface area (Å²) in [6.07, 6.45) is 0. The predicted molar refractivity (Wildman–Crippen MR) is 71.0 cm³/mol. The van der Waals surface area contributed by atoms with Crippen molar-refractivity contribution in [3.63, 3.8) is 0 Å². The van der Waals surface area contributed by atoms with Crippen molar-refractivity contribution in [3.8, 4) is 0 Å². The lowest BCUT2D eigenvalue weighted by atomic mass is 9.92. The van der Waals surface area contributed by atoms with Crippen LogP contribution in [0.3, 0.4) is 0 Å². The highest BCUT2D eigenvalue weighted by Crippen LogP contribution is 2.17. The zero-order chi connectivity index (χ0) is 14.6.